The van der Waals surface area contributed by atoms with Gasteiger partial charge in [0.15, 0.2) is 0 Å². The van der Waals surface area contributed by atoms with Gasteiger partial charge < -0.3 is 9.29 Å². The van der Waals surface area contributed by atoms with Crippen LogP contribution in [0.15, 0.2) is 36.4 Å². The Morgan fingerprint density at radius 3 is 2.38 bits per heavy atom. The number of esters is 1. The highest BCUT2D eigenvalue weighted by molar-refractivity contribution is 8.29. The van der Waals surface area contributed by atoms with Crippen molar-refractivity contribution in [3.63, 3.8) is 0 Å². The number of ether oxygens (including phenoxy) is 1. The van der Waals surface area contributed by atoms with E-state index in [0.717, 1.165) is 35.0 Å². The Hall–Kier alpha value is -1.85. The summed E-state index contributed by atoms with van der Waals surface area (Å²) >= 11 is 0. The fourth-order valence-electron chi connectivity index (χ4n) is 2.53. The zero-order chi connectivity index (χ0) is 21.9. The molecular weight excluding hydrogens is 382 g/mol. The second kappa shape index (κ2) is 8.88. The van der Waals surface area contributed by atoms with E-state index < -0.39 is 15.7 Å². The summed E-state index contributed by atoms with van der Waals surface area (Å²) in [7, 11) is -1.34. The van der Waals surface area contributed by atoms with E-state index in [4.69, 9.17) is 4.74 Å². The van der Waals surface area contributed by atoms with Crippen molar-refractivity contribution in [1.82, 2.24) is 4.98 Å². The molecule has 160 valence electrons. The van der Waals surface area contributed by atoms with Crippen LogP contribution in [0.4, 0.5) is 0 Å². The number of rotatable bonds is 3. The highest BCUT2D eigenvalue weighted by Crippen LogP contribution is 2.48. The number of hydrogen-bond donors (Lipinski definition) is 1. The predicted octanol–water partition coefficient (Wildman–Crippen LogP) is 6.09. The van der Waals surface area contributed by atoms with Gasteiger partial charge in [0.2, 0.25) is 0 Å². The van der Waals surface area contributed by atoms with Crippen molar-refractivity contribution in [2.75, 3.05) is 19.1 Å². The fourth-order valence-corrected chi connectivity index (χ4v) is 2.53. The third kappa shape index (κ3) is 6.06. The first-order valence-electron chi connectivity index (χ1n) is 10.1. The number of carbonyl (C=O) groups is 1. The van der Waals surface area contributed by atoms with E-state index in [1.54, 1.807) is 0 Å². The number of aryl methyl sites for hydroxylation is 1. The van der Waals surface area contributed by atoms with Crippen molar-refractivity contribution in [1.29, 1.82) is 0 Å². The maximum absolute atomic E-state index is 11.7. The van der Waals surface area contributed by atoms with Crippen LogP contribution < -0.4 is 0 Å². The molecule has 1 aromatic carbocycles. The van der Waals surface area contributed by atoms with Crippen molar-refractivity contribution < 1.29 is 14.1 Å². The van der Waals surface area contributed by atoms with Gasteiger partial charge in [-0.05, 0) is 43.6 Å². The van der Waals surface area contributed by atoms with Gasteiger partial charge in [-0.25, -0.2) is 0 Å². The van der Waals surface area contributed by atoms with Crippen molar-refractivity contribution in [2.45, 2.75) is 52.2 Å². The lowest BCUT2D eigenvalue weighted by Crippen LogP contribution is -2.21. The Morgan fingerprint density at radius 1 is 1.24 bits per heavy atom. The van der Waals surface area contributed by atoms with Crippen LogP contribution in [-0.4, -0.2) is 39.4 Å². The molecular formula is C24H35NO3S. The highest BCUT2D eigenvalue weighted by Gasteiger charge is 2.37. The molecule has 0 spiro atoms. The Bertz CT molecular complexity index is 881. The minimum atomic E-state index is -1.34. The van der Waals surface area contributed by atoms with Gasteiger partial charge in [0.25, 0.3) is 0 Å². The zero-order valence-corrected chi connectivity index (χ0v) is 19.6. The maximum atomic E-state index is 11.7. The lowest BCUT2D eigenvalue weighted by atomic mass is 9.88. The Kier molecular flexibility index (Phi) is 7.18. The molecule has 1 aliphatic rings. The Morgan fingerprint density at radius 2 is 1.86 bits per heavy atom. The molecule has 5 heteroatoms. The van der Waals surface area contributed by atoms with E-state index in [-0.39, 0.29) is 10.7 Å². The van der Waals surface area contributed by atoms with Gasteiger partial charge in [-0.2, -0.15) is 0 Å². The molecule has 1 saturated heterocycles. The molecule has 1 fully saturated rings. The number of nitrogens with zero attached hydrogens (tertiary/aromatic N) is 1. The largest absolute Gasteiger partial charge is 0.465 e. The van der Waals surface area contributed by atoms with Crippen LogP contribution in [0.2, 0.25) is 0 Å². The summed E-state index contributed by atoms with van der Waals surface area (Å²) in [6.07, 6.45) is 9.44. The normalized spacial score (nSPS) is 20.5. The lowest BCUT2D eigenvalue weighted by Gasteiger charge is -2.38. The summed E-state index contributed by atoms with van der Waals surface area (Å²) in [5.41, 5.74) is 2.66. The van der Waals surface area contributed by atoms with Gasteiger partial charge in [0.1, 0.15) is 0 Å². The molecule has 1 aromatic heterocycles. The maximum Gasteiger partial charge on any atom is 0.315 e. The van der Waals surface area contributed by atoms with Crippen molar-refractivity contribution in [2.24, 2.45) is 5.41 Å². The first-order valence-corrected chi connectivity index (χ1v) is 12.5. The smallest absolute Gasteiger partial charge is 0.315 e. The van der Waals surface area contributed by atoms with Crippen molar-refractivity contribution >= 4 is 33.3 Å². The number of pyridine rings is 1. The third-order valence-corrected chi connectivity index (χ3v) is 8.60. The van der Waals surface area contributed by atoms with Crippen LogP contribution in [0.1, 0.15) is 52.3 Å². The van der Waals surface area contributed by atoms with Gasteiger partial charge in [0.05, 0.1) is 17.5 Å². The number of hydrogen-bond acceptors (Lipinski definition) is 4. The molecule has 2 aromatic rings. The van der Waals surface area contributed by atoms with Crippen molar-refractivity contribution in [3.8, 4) is 0 Å². The van der Waals surface area contributed by atoms with Crippen LogP contribution in [-0.2, 0) is 16.0 Å². The Balaban J connectivity index is 0.000000321. The first kappa shape index (κ1) is 23.4. The van der Waals surface area contributed by atoms with E-state index in [2.05, 4.69) is 63.0 Å². The van der Waals surface area contributed by atoms with E-state index >= 15 is 0 Å². The second-order valence-electron chi connectivity index (χ2n) is 9.13. The summed E-state index contributed by atoms with van der Waals surface area (Å²) in [5, 5.41) is 1.14. The third-order valence-electron chi connectivity index (χ3n) is 5.60. The fraction of sp³-hybridized carbons (Fsp3) is 0.500. The van der Waals surface area contributed by atoms with Gasteiger partial charge >= 0.3 is 5.97 Å². The first-order chi connectivity index (χ1) is 13.4. The standard InChI is InChI=1S/C18H19NO2.C6H16OS/c1-3-15-7-6-14-5-4-13(12-16(14)19-15)8-9-18(2)10-11-21-17(18)20;1-6(2,3)8(4,5)7/h4-9,12H,3,10-11H2,1-2H3;7H,1-5H3/b9-8+;. The van der Waals surface area contributed by atoms with E-state index in [1.165, 1.54) is 0 Å². The van der Waals surface area contributed by atoms with Crippen LogP contribution in [0.5, 0.6) is 0 Å². The minimum Gasteiger partial charge on any atom is -0.465 e. The molecule has 1 N–H and O–H groups in total. The molecule has 0 bridgehead atoms. The van der Waals surface area contributed by atoms with Gasteiger partial charge in [-0.3, -0.25) is 9.78 Å². The Labute approximate surface area is 176 Å². The topological polar surface area (TPSA) is 59.4 Å². The summed E-state index contributed by atoms with van der Waals surface area (Å²) in [6, 6.07) is 10.3. The highest BCUT2D eigenvalue weighted by atomic mass is 32.3. The number of aromatic nitrogens is 1. The molecule has 0 amide bonds. The van der Waals surface area contributed by atoms with Crippen LogP contribution >= 0.6 is 10.3 Å². The average molecular weight is 418 g/mol. The second-order valence-corrected chi connectivity index (χ2v) is 12.9. The summed E-state index contributed by atoms with van der Waals surface area (Å²) < 4.78 is 14.6. The summed E-state index contributed by atoms with van der Waals surface area (Å²) in [4.78, 5) is 16.4. The lowest BCUT2D eigenvalue weighted by molar-refractivity contribution is -0.143. The van der Waals surface area contributed by atoms with Crippen LogP contribution in [0.3, 0.4) is 0 Å². The zero-order valence-electron chi connectivity index (χ0n) is 18.8. The van der Waals surface area contributed by atoms with Crippen molar-refractivity contribution in [3.05, 3.63) is 47.7 Å². The number of fused-ring (bicyclic) bond motifs is 1. The van der Waals surface area contributed by atoms with Gasteiger partial charge in [-0.1, -0.05) is 58.0 Å². The summed E-state index contributed by atoms with van der Waals surface area (Å²) in [6.45, 7) is 10.7. The van der Waals surface area contributed by atoms with Crippen LogP contribution in [0.25, 0.3) is 17.0 Å². The molecule has 1 atom stereocenters. The molecule has 3 rings (SSSR count). The SMILES string of the molecule is CC(C)(C)S(C)(C)O.CCc1ccc2ccc(/C=C/C3(C)CCOC3=O)cc2n1. The minimum absolute atomic E-state index is 0.0764. The molecule has 1 aliphatic heterocycles. The van der Waals surface area contributed by atoms with E-state index in [1.807, 2.05) is 31.6 Å². The van der Waals surface area contributed by atoms with E-state index in [0.29, 0.717) is 6.61 Å². The molecule has 0 aliphatic carbocycles. The van der Waals surface area contributed by atoms with E-state index in [9.17, 15) is 9.35 Å². The number of benzene rings is 1. The molecule has 4 nitrogen and oxygen atoms in total. The van der Waals surface area contributed by atoms with Crippen LogP contribution in [0, 0.1) is 5.41 Å². The molecule has 1 unspecified atom stereocenters. The molecule has 0 saturated carbocycles. The number of cyclic esters (lactones) is 1. The quantitative estimate of drug-likeness (QED) is 0.614. The molecule has 29 heavy (non-hydrogen) atoms. The average Bonchev–Trinajstić information content (AvgIpc) is 2.97. The number of carbonyl (C=O) groups excluding carboxylic acids is 1. The van der Waals surface area contributed by atoms with Gasteiger partial charge in [0, 0.05) is 22.2 Å². The molecule has 0 radical (unpaired) electrons. The summed E-state index contributed by atoms with van der Waals surface area (Å²) in [5.74, 6) is -0.133. The predicted molar refractivity (Wildman–Crippen MR) is 126 cm³/mol. The monoisotopic (exact) mass is 417 g/mol. The van der Waals surface area contributed by atoms with Gasteiger partial charge in [-0.15, -0.1) is 10.3 Å². The molecule has 2 heterocycles.